The molecule has 50 heavy (non-hydrogen) atoms. The fourth-order valence-electron chi connectivity index (χ4n) is 7.78. The van der Waals surface area contributed by atoms with Crippen LogP contribution in [0.15, 0.2) is 87.7 Å². The van der Waals surface area contributed by atoms with E-state index in [9.17, 15) is 14.4 Å². The SMILES string of the molecule is COc1cc(C2C3=C(CC(C)(C)CC3=O)N(CCc3ccccc3)C3=C2C(=O)CC(C)(C)C3)cc(Br)c1OCC(=O)Nc1cc(C)ccc1C. The number of aryl methyl sites for hydroxylation is 2. The minimum atomic E-state index is -0.535. The summed E-state index contributed by atoms with van der Waals surface area (Å²) in [5.41, 5.74) is 7.77. The van der Waals surface area contributed by atoms with Gasteiger partial charge in [0.15, 0.2) is 29.7 Å². The molecular formula is C42H47BrN2O5. The molecule has 1 heterocycles. The Balaban J connectivity index is 1.40. The maximum absolute atomic E-state index is 14.3. The summed E-state index contributed by atoms with van der Waals surface area (Å²) in [4.78, 5) is 43.9. The molecule has 262 valence electrons. The summed E-state index contributed by atoms with van der Waals surface area (Å²) < 4.78 is 12.5. The molecule has 6 rings (SSSR count). The monoisotopic (exact) mass is 738 g/mol. The number of rotatable bonds is 9. The van der Waals surface area contributed by atoms with Crippen LogP contribution in [-0.2, 0) is 20.8 Å². The highest BCUT2D eigenvalue weighted by atomic mass is 79.9. The molecule has 1 N–H and O–H groups in total. The lowest BCUT2D eigenvalue weighted by Gasteiger charge is -2.49. The third-order valence-electron chi connectivity index (χ3n) is 10.1. The van der Waals surface area contributed by atoms with Crippen LogP contribution in [0.5, 0.6) is 11.5 Å². The normalized spacial score (nSPS) is 18.5. The lowest BCUT2D eigenvalue weighted by Crippen LogP contribution is -2.45. The van der Waals surface area contributed by atoms with Crippen molar-refractivity contribution in [1.29, 1.82) is 0 Å². The van der Waals surface area contributed by atoms with Gasteiger partial charge in [0.2, 0.25) is 0 Å². The summed E-state index contributed by atoms with van der Waals surface area (Å²) >= 11 is 3.70. The fraction of sp³-hybridized carbons (Fsp3) is 0.405. The lowest BCUT2D eigenvalue weighted by atomic mass is 9.63. The van der Waals surface area contributed by atoms with Gasteiger partial charge in [0.05, 0.1) is 11.6 Å². The van der Waals surface area contributed by atoms with Crippen molar-refractivity contribution < 1.29 is 23.9 Å². The average molecular weight is 740 g/mol. The molecule has 0 bridgehead atoms. The first-order chi connectivity index (χ1) is 23.7. The summed E-state index contributed by atoms with van der Waals surface area (Å²) in [6, 6.07) is 20.1. The molecule has 7 nitrogen and oxygen atoms in total. The second kappa shape index (κ2) is 13.9. The average Bonchev–Trinajstić information content (AvgIpc) is 3.03. The molecule has 0 radical (unpaired) electrons. The first-order valence-electron chi connectivity index (χ1n) is 17.4. The Hall–Kier alpha value is -4.17. The van der Waals surface area contributed by atoms with E-state index in [2.05, 4.69) is 66.0 Å². The number of halogens is 1. The summed E-state index contributed by atoms with van der Waals surface area (Å²) in [5.74, 6) is 0.115. The Morgan fingerprint density at radius 1 is 0.880 bits per heavy atom. The minimum absolute atomic E-state index is 0.0775. The Bertz CT molecular complexity index is 1870. The number of Topliss-reactive ketones (excluding diaryl/α,β-unsaturated/α-hetero) is 2. The predicted octanol–water partition coefficient (Wildman–Crippen LogP) is 9.02. The van der Waals surface area contributed by atoms with E-state index in [1.165, 1.54) is 5.56 Å². The second-order valence-electron chi connectivity index (χ2n) is 15.6. The van der Waals surface area contributed by atoms with E-state index in [4.69, 9.17) is 9.47 Å². The van der Waals surface area contributed by atoms with E-state index in [-0.39, 0.29) is 34.9 Å². The van der Waals surface area contributed by atoms with Gasteiger partial charge >= 0.3 is 0 Å². The summed E-state index contributed by atoms with van der Waals surface area (Å²) in [6.45, 7) is 13.0. The number of allylic oxidation sites excluding steroid dienone is 4. The number of nitrogens with zero attached hydrogens (tertiary/aromatic N) is 1. The van der Waals surface area contributed by atoms with Crippen molar-refractivity contribution in [1.82, 2.24) is 4.90 Å². The Morgan fingerprint density at radius 3 is 2.10 bits per heavy atom. The third-order valence-corrected chi connectivity index (χ3v) is 10.7. The molecule has 0 atom stereocenters. The maximum atomic E-state index is 14.3. The van der Waals surface area contributed by atoms with E-state index in [1.54, 1.807) is 7.11 Å². The zero-order valence-corrected chi connectivity index (χ0v) is 31.8. The number of nitrogens with one attached hydrogen (secondary N) is 1. The lowest BCUT2D eigenvalue weighted by molar-refractivity contribution is -0.120. The van der Waals surface area contributed by atoms with Crippen LogP contribution < -0.4 is 14.8 Å². The molecule has 0 saturated carbocycles. The van der Waals surface area contributed by atoms with Crippen molar-refractivity contribution in [2.45, 2.75) is 79.6 Å². The number of benzene rings is 3. The van der Waals surface area contributed by atoms with Gasteiger partial charge in [0, 0.05) is 53.5 Å². The van der Waals surface area contributed by atoms with Gasteiger partial charge in [-0.05, 0) is 100 Å². The zero-order valence-electron chi connectivity index (χ0n) is 30.2. The second-order valence-corrected chi connectivity index (χ2v) is 16.5. The molecule has 3 aliphatic rings. The smallest absolute Gasteiger partial charge is 0.262 e. The first-order valence-corrected chi connectivity index (χ1v) is 18.2. The van der Waals surface area contributed by atoms with E-state index < -0.39 is 5.92 Å². The van der Waals surface area contributed by atoms with Gasteiger partial charge < -0.3 is 19.7 Å². The van der Waals surface area contributed by atoms with E-state index in [1.807, 2.05) is 62.4 Å². The van der Waals surface area contributed by atoms with E-state index in [0.717, 1.165) is 53.0 Å². The largest absolute Gasteiger partial charge is 0.493 e. The Kier molecular flexibility index (Phi) is 9.88. The summed E-state index contributed by atoms with van der Waals surface area (Å²) in [5, 5.41) is 2.94. The number of methoxy groups -OCH3 is 1. The van der Waals surface area contributed by atoms with Gasteiger partial charge in [-0.1, -0.05) is 70.2 Å². The fourth-order valence-corrected chi connectivity index (χ4v) is 8.35. The number of ketones is 2. The molecule has 1 amide bonds. The van der Waals surface area contributed by atoms with Crippen LogP contribution in [0.2, 0.25) is 0 Å². The van der Waals surface area contributed by atoms with Crippen LogP contribution in [0.4, 0.5) is 5.69 Å². The highest BCUT2D eigenvalue weighted by molar-refractivity contribution is 9.10. The van der Waals surface area contributed by atoms with E-state index in [0.29, 0.717) is 46.5 Å². The molecule has 0 saturated heterocycles. The van der Waals surface area contributed by atoms with Crippen molar-refractivity contribution in [3.8, 4) is 11.5 Å². The quantitative estimate of drug-likeness (QED) is 0.236. The minimum Gasteiger partial charge on any atom is -0.493 e. The van der Waals surface area contributed by atoms with Crippen molar-refractivity contribution in [3.05, 3.63) is 110 Å². The van der Waals surface area contributed by atoms with Crippen LogP contribution in [0.3, 0.4) is 0 Å². The Labute approximate surface area is 304 Å². The van der Waals surface area contributed by atoms with Crippen molar-refractivity contribution >= 4 is 39.1 Å². The van der Waals surface area contributed by atoms with Crippen molar-refractivity contribution in [2.75, 3.05) is 25.6 Å². The number of carbonyl (C=O) groups is 3. The molecule has 3 aromatic rings. The third kappa shape index (κ3) is 7.32. The highest BCUT2D eigenvalue weighted by Gasteiger charge is 2.49. The molecule has 0 aromatic heterocycles. The number of hydrogen-bond donors (Lipinski definition) is 1. The van der Waals surface area contributed by atoms with Crippen LogP contribution >= 0.6 is 15.9 Å². The van der Waals surface area contributed by atoms with Crippen LogP contribution in [-0.4, -0.2) is 42.6 Å². The maximum Gasteiger partial charge on any atom is 0.262 e. The van der Waals surface area contributed by atoms with Crippen LogP contribution in [0.1, 0.15) is 81.5 Å². The van der Waals surface area contributed by atoms with Crippen LogP contribution in [0, 0.1) is 24.7 Å². The van der Waals surface area contributed by atoms with Crippen molar-refractivity contribution in [3.63, 3.8) is 0 Å². The predicted molar refractivity (Wildman–Crippen MR) is 200 cm³/mol. The number of amides is 1. The number of anilines is 1. The first kappa shape index (κ1) is 35.6. The molecular weight excluding hydrogens is 692 g/mol. The van der Waals surface area contributed by atoms with E-state index >= 15 is 0 Å². The number of ether oxygens (including phenoxy) is 2. The zero-order chi connectivity index (χ0) is 36.0. The molecule has 0 spiro atoms. The van der Waals surface area contributed by atoms with Gasteiger partial charge in [0.25, 0.3) is 5.91 Å². The van der Waals surface area contributed by atoms with Crippen LogP contribution in [0.25, 0.3) is 0 Å². The van der Waals surface area contributed by atoms with Crippen molar-refractivity contribution in [2.24, 2.45) is 10.8 Å². The van der Waals surface area contributed by atoms with Gasteiger partial charge in [-0.15, -0.1) is 0 Å². The highest BCUT2D eigenvalue weighted by Crippen LogP contribution is 2.55. The molecule has 2 aliphatic carbocycles. The molecule has 0 fully saturated rings. The van der Waals surface area contributed by atoms with Gasteiger partial charge in [-0.3, -0.25) is 14.4 Å². The summed E-state index contributed by atoms with van der Waals surface area (Å²) in [6.07, 6.45) is 3.09. The molecule has 1 aliphatic heterocycles. The molecule has 8 heteroatoms. The number of carbonyl (C=O) groups excluding carboxylic acids is 3. The molecule has 0 unspecified atom stereocenters. The molecule has 3 aromatic carbocycles. The Morgan fingerprint density at radius 2 is 1.50 bits per heavy atom. The standard InChI is InChI=1S/C42H47BrN2O5/c1-25-13-14-26(2)30(17-25)44-36(48)24-50-40-29(43)18-28(19-35(40)49-7)37-38-31(20-41(3,4)22-33(38)46)45(16-15-27-11-9-8-10-12-27)32-21-42(5,6)23-34(47)39(32)37/h8-14,17-19,37H,15-16,20-24H2,1-7H3,(H,44,48). The van der Waals surface area contributed by atoms with Gasteiger partial charge in [-0.2, -0.15) is 0 Å². The number of hydrogen-bond acceptors (Lipinski definition) is 6. The van der Waals surface area contributed by atoms with Gasteiger partial charge in [0.1, 0.15) is 0 Å². The topological polar surface area (TPSA) is 84.9 Å². The summed E-state index contributed by atoms with van der Waals surface area (Å²) in [7, 11) is 1.55. The van der Waals surface area contributed by atoms with Gasteiger partial charge in [-0.25, -0.2) is 0 Å².